The number of hydrogen-bond donors (Lipinski definition) is 0. The third-order valence-corrected chi connectivity index (χ3v) is 1.43. The number of unbranched alkanes of at least 4 members (excludes halogenated alkanes) is 1. The molecule has 0 aromatic rings. The highest BCUT2D eigenvalue weighted by Crippen LogP contribution is 2.08. The Balaban J connectivity index is 3.22. The molecule has 0 saturated heterocycles. The highest BCUT2D eigenvalue weighted by molar-refractivity contribution is 4.85. The molecule has 0 bridgehead atoms. The first-order chi connectivity index (χ1) is 4.68. The minimum absolute atomic E-state index is 0.455. The Kier molecular flexibility index (Phi) is 5.09. The second-order valence-corrected chi connectivity index (χ2v) is 2.82. The molecule has 0 amide bonds. The summed E-state index contributed by atoms with van der Waals surface area (Å²) in [6.07, 6.45) is 2.32. The van der Waals surface area contributed by atoms with Crippen molar-refractivity contribution in [1.82, 2.24) is 0 Å². The summed E-state index contributed by atoms with van der Waals surface area (Å²) in [5.41, 5.74) is 0. The van der Waals surface area contributed by atoms with Crippen molar-refractivity contribution in [2.24, 2.45) is 5.92 Å². The average Bonchev–Trinajstić information content (AvgIpc) is 1.88. The Labute approximate surface area is 64.1 Å². The molecule has 0 N–H and O–H groups in total. The molecule has 0 fully saturated rings. The van der Waals surface area contributed by atoms with Crippen LogP contribution in [-0.2, 0) is 4.74 Å². The molecule has 1 nitrogen and oxygen atoms in total. The maximum Gasteiger partial charge on any atom is 0.0913 e. The van der Waals surface area contributed by atoms with Crippen LogP contribution in [0.15, 0.2) is 12.3 Å². The van der Waals surface area contributed by atoms with Gasteiger partial charge in [0.05, 0.1) is 12.4 Å². The highest BCUT2D eigenvalue weighted by atomic mass is 16.5. The Morgan fingerprint density at radius 1 is 1.50 bits per heavy atom. The first-order valence-electron chi connectivity index (χ1n) is 4.00. The van der Waals surface area contributed by atoms with Crippen molar-refractivity contribution in [3.05, 3.63) is 12.3 Å². The third-order valence-electron chi connectivity index (χ3n) is 1.43. The Morgan fingerprint density at radius 3 is 2.50 bits per heavy atom. The van der Waals surface area contributed by atoms with Gasteiger partial charge in [0.1, 0.15) is 0 Å². The van der Waals surface area contributed by atoms with Crippen LogP contribution in [0.1, 0.15) is 33.6 Å². The normalized spacial score (nSPS) is 10.0. The quantitative estimate of drug-likeness (QED) is 0.423. The van der Waals surface area contributed by atoms with E-state index in [1.807, 2.05) is 0 Å². The summed E-state index contributed by atoms with van der Waals surface area (Å²) < 4.78 is 5.35. The zero-order valence-corrected chi connectivity index (χ0v) is 7.31. The molecular formula is C9H18O. The molecule has 60 valence electrons. The highest BCUT2D eigenvalue weighted by Gasteiger charge is 1.98. The molecule has 0 unspecified atom stereocenters. The summed E-state index contributed by atoms with van der Waals surface area (Å²) >= 11 is 0. The van der Waals surface area contributed by atoms with Gasteiger partial charge in [0, 0.05) is 5.92 Å². The van der Waals surface area contributed by atoms with Crippen molar-refractivity contribution in [3.8, 4) is 0 Å². The van der Waals surface area contributed by atoms with Gasteiger partial charge in [-0.25, -0.2) is 0 Å². The molecule has 0 heterocycles. The van der Waals surface area contributed by atoms with Crippen LogP contribution < -0.4 is 0 Å². The summed E-state index contributed by atoms with van der Waals surface area (Å²) in [5, 5.41) is 0. The van der Waals surface area contributed by atoms with E-state index in [1.54, 1.807) is 0 Å². The summed E-state index contributed by atoms with van der Waals surface area (Å²) in [6, 6.07) is 0. The summed E-state index contributed by atoms with van der Waals surface area (Å²) in [6.45, 7) is 11.0. The van der Waals surface area contributed by atoms with E-state index in [4.69, 9.17) is 4.74 Å². The van der Waals surface area contributed by atoms with Gasteiger partial charge in [0.15, 0.2) is 0 Å². The maximum atomic E-state index is 5.35. The minimum atomic E-state index is 0.455. The fraction of sp³-hybridized carbons (Fsp3) is 0.778. The van der Waals surface area contributed by atoms with Gasteiger partial charge >= 0.3 is 0 Å². The van der Waals surface area contributed by atoms with Crippen LogP contribution in [-0.4, -0.2) is 6.61 Å². The summed E-state index contributed by atoms with van der Waals surface area (Å²) in [7, 11) is 0. The monoisotopic (exact) mass is 142 g/mol. The molecule has 0 rings (SSSR count). The molecule has 1 heteroatoms. The van der Waals surface area contributed by atoms with Gasteiger partial charge < -0.3 is 4.74 Å². The van der Waals surface area contributed by atoms with Gasteiger partial charge in [-0.15, -0.1) is 0 Å². The van der Waals surface area contributed by atoms with Gasteiger partial charge in [-0.3, -0.25) is 0 Å². The predicted molar refractivity (Wildman–Crippen MR) is 44.8 cm³/mol. The fourth-order valence-electron chi connectivity index (χ4n) is 0.514. The van der Waals surface area contributed by atoms with Crippen molar-refractivity contribution in [2.45, 2.75) is 33.6 Å². The molecule has 10 heavy (non-hydrogen) atoms. The van der Waals surface area contributed by atoms with E-state index in [2.05, 4.69) is 27.4 Å². The van der Waals surface area contributed by atoms with Crippen molar-refractivity contribution >= 4 is 0 Å². The lowest BCUT2D eigenvalue weighted by molar-refractivity contribution is 0.183. The minimum Gasteiger partial charge on any atom is -0.498 e. The van der Waals surface area contributed by atoms with Crippen molar-refractivity contribution in [3.63, 3.8) is 0 Å². The van der Waals surface area contributed by atoms with Crippen LogP contribution in [0.4, 0.5) is 0 Å². The number of hydrogen-bond acceptors (Lipinski definition) is 1. The standard InChI is InChI=1S/C9H18O/c1-5-6-7-10-9(4)8(2)3/h8H,4-7H2,1-3H3. The van der Waals surface area contributed by atoms with Gasteiger partial charge in [-0.05, 0) is 6.42 Å². The lowest BCUT2D eigenvalue weighted by Crippen LogP contribution is -1.99. The summed E-state index contributed by atoms with van der Waals surface area (Å²) in [4.78, 5) is 0. The van der Waals surface area contributed by atoms with E-state index in [1.165, 1.54) is 6.42 Å². The molecule has 0 radical (unpaired) electrons. The number of ether oxygens (including phenoxy) is 1. The Morgan fingerprint density at radius 2 is 2.10 bits per heavy atom. The van der Waals surface area contributed by atoms with Crippen molar-refractivity contribution in [2.75, 3.05) is 6.61 Å². The zero-order chi connectivity index (χ0) is 7.98. The van der Waals surface area contributed by atoms with Crippen LogP contribution in [0.3, 0.4) is 0 Å². The second kappa shape index (κ2) is 5.33. The molecule has 0 spiro atoms. The van der Waals surface area contributed by atoms with Gasteiger partial charge in [-0.1, -0.05) is 33.8 Å². The number of rotatable bonds is 5. The topological polar surface area (TPSA) is 9.23 Å². The predicted octanol–water partition coefficient (Wildman–Crippen LogP) is 2.97. The molecule has 0 aromatic heterocycles. The third kappa shape index (κ3) is 4.42. The first-order valence-corrected chi connectivity index (χ1v) is 4.00. The lowest BCUT2D eigenvalue weighted by atomic mass is 10.2. The Hall–Kier alpha value is -0.460. The average molecular weight is 142 g/mol. The molecule has 0 atom stereocenters. The van der Waals surface area contributed by atoms with Crippen molar-refractivity contribution < 1.29 is 4.74 Å². The largest absolute Gasteiger partial charge is 0.498 e. The molecule has 0 aliphatic heterocycles. The molecule has 0 saturated carbocycles. The van der Waals surface area contributed by atoms with E-state index in [0.29, 0.717) is 5.92 Å². The summed E-state index contributed by atoms with van der Waals surface area (Å²) in [5.74, 6) is 1.37. The van der Waals surface area contributed by atoms with Crippen LogP contribution >= 0.6 is 0 Å². The maximum absolute atomic E-state index is 5.35. The van der Waals surface area contributed by atoms with E-state index >= 15 is 0 Å². The van der Waals surface area contributed by atoms with Gasteiger partial charge in [0.25, 0.3) is 0 Å². The molecule has 0 aliphatic carbocycles. The van der Waals surface area contributed by atoms with Crippen LogP contribution in [0.2, 0.25) is 0 Å². The van der Waals surface area contributed by atoms with E-state index in [9.17, 15) is 0 Å². The lowest BCUT2D eigenvalue weighted by Gasteiger charge is -2.10. The molecule has 0 aliphatic rings. The number of allylic oxidation sites excluding steroid dienone is 1. The fourth-order valence-corrected chi connectivity index (χ4v) is 0.514. The van der Waals surface area contributed by atoms with Crippen LogP contribution in [0.25, 0.3) is 0 Å². The SMILES string of the molecule is C=C(OCCCC)C(C)C. The van der Waals surface area contributed by atoms with Gasteiger partial charge in [0.2, 0.25) is 0 Å². The van der Waals surface area contributed by atoms with E-state index in [0.717, 1.165) is 18.8 Å². The van der Waals surface area contributed by atoms with Crippen LogP contribution in [0, 0.1) is 5.92 Å². The van der Waals surface area contributed by atoms with E-state index in [-0.39, 0.29) is 0 Å². The zero-order valence-electron chi connectivity index (χ0n) is 7.31. The smallest absolute Gasteiger partial charge is 0.0913 e. The van der Waals surface area contributed by atoms with E-state index < -0.39 is 0 Å². The first kappa shape index (κ1) is 9.54. The molecular weight excluding hydrogens is 124 g/mol. The van der Waals surface area contributed by atoms with Crippen molar-refractivity contribution in [1.29, 1.82) is 0 Å². The second-order valence-electron chi connectivity index (χ2n) is 2.82. The van der Waals surface area contributed by atoms with Gasteiger partial charge in [-0.2, -0.15) is 0 Å². The molecule has 0 aromatic carbocycles. The van der Waals surface area contributed by atoms with Crippen LogP contribution in [0.5, 0.6) is 0 Å². The Bertz CT molecular complexity index is 94.9.